The molecule has 0 spiro atoms. The first kappa shape index (κ1) is 18.7. The maximum Gasteiger partial charge on any atom is 0.122 e. The summed E-state index contributed by atoms with van der Waals surface area (Å²) in [6, 6.07) is 16.0. The quantitative estimate of drug-likeness (QED) is 0.606. The Balaban J connectivity index is 1.59. The number of rotatable bonds is 9. The zero-order valence-electron chi connectivity index (χ0n) is 15.2. The second-order valence-corrected chi connectivity index (χ2v) is 7.86. The third-order valence-corrected chi connectivity index (χ3v) is 5.11. The fourth-order valence-corrected chi connectivity index (χ4v) is 3.79. The van der Waals surface area contributed by atoms with Gasteiger partial charge in [-0.2, -0.15) is 0 Å². The highest BCUT2D eigenvalue weighted by atomic mass is 32.1. The van der Waals surface area contributed by atoms with Gasteiger partial charge < -0.3 is 14.3 Å². The van der Waals surface area contributed by atoms with Gasteiger partial charge in [0.15, 0.2) is 0 Å². The minimum Gasteiger partial charge on any atom is -0.491 e. The largest absolute Gasteiger partial charge is 0.491 e. The second-order valence-electron chi connectivity index (χ2n) is 6.49. The second kappa shape index (κ2) is 9.03. The molecule has 0 saturated carbocycles. The molecule has 138 valence electrons. The number of aliphatic hydroxyl groups is 1. The van der Waals surface area contributed by atoms with Crippen molar-refractivity contribution >= 4 is 11.3 Å². The van der Waals surface area contributed by atoms with E-state index < -0.39 is 6.10 Å². The van der Waals surface area contributed by atoms with Crippen molar-refractivity contribution in [2.45, 2.75) is 33.0 Å². The van der Waals surface area contributed by atoms with E-state index >= 15 is 0 Å². The number of hydrogen-bond acceptors (Lipinski definition) is 5. The summed E-state index contributed by atoms with van der Waals surface area (Å²) in [5.41, 5.74) is 1.07. The molecule has 0 aliphatic heterocycles. The smallest absolute Gasteiger partial charge is 0.122 e. The Hall–Kier alpha value is -2.08. The Morgan fingerprint density at radius 1 is 1.08 bits per heavy atom. The summed E-state index contributed by atoms with van der Waals surface area (Å²) in [6.07, 6.45) is 1.10. The molecule has 4 nitrogen and oxygen atoms in total. The van der Waals surface area contributed by atoms with Crippen LogP contribution in [0.1, 0.15) is 21.1 Å². The molecule has 1 N–H and O–H groups in total. The average Bonchev–Trinajstić information content (AvgIpc) is 3.26. The summed E-state index contributed by atoms with van der Waals surface area (Å²) in [6.45, 7) is 6.33. The summed E-state index contributed by atoms with van der Waals surface area (Å²) in [4.78, 5) is 4.76. The van der Waals surface area contributed by atoms with Gasteiger partial charge in [-0.1, -0.05) is 18.2 Å². The van der Waals surface area contributed by atoms with Gasteiger partial charge in [-0.05, 0) is 49.7 Å². The van der Waals surface area contributed by atoms with E-state index in [4.69, 9.17) is 9.15 Å². The lowest BCUT2D eigenvalue weighted by Gasteiger charge is -2.24. The number of benzene rings is 1. The molecule has 1 atom stereocenters. The molecule has 1 aromatic carbocycles. The van der Waals surface area contributed by atoms with Crippen LogP contribution in [0.15, 0.2) is 59.2 Å². The van der Waals surface area contributed by atoms with Gasteiger partial charge in [0.1, 0.15) is 24.2 Å². The van der Waals surface area contributed by atoms with Crippen LogP contribution in [0.5, 0.6) is 5.75 Å². The fraction of sp³-hybridized carbons (Fsp3) is 0.333. The zero-order valence-corrected chi connectivity index (χ0v) is 16.0. The number of hydrogen-bond donors (Lipinski definition) is 1. The number of furan rings is 1. The van der Waals surface area contributed by atoms with Crippen LogP contribution >= 0.6 is 11.3 Å². The zero-order chi connectivity index (χ0) is 18.4. The number of thiophene rings is 1. The van der Waals surface area contributed by atoms with Gasteiger partial charge in [-0.15, -0.1) is 11.3 Å². The van der Waals surface area contributed by atoms with E-state index in [0.29, 0.717) is 13.1 Å². The normalized spacial score (nSPS) is 12.5. The van der Waals surface area contributed by atoms with Crippen molar-refractivity contribution in [2.75, 3.05) is 13.2 Å². The van der Waals surface area contributed by atoms with Crippen LogP contribution in [0, 0.1) is 13.8 Å². The predicted molar refractivity (Wildman–Crippen MR) is 105 cm³/mol. The van der Waals surface area contributed by atoms with E-state index in [1.807, 2.05) is 43.3 Å². The minimum absolute atomic E-state index is 0.267. The van der Waals surface area contributed by atoms with Gasteiger partial charge in [0, 0.05) is 22.8 Å². The third kappa shape index (κ3) is 5.46. The molecule has 0 aliphatic carbocycles. The van der Waals surface area contributed by atoms with Crippen LogP contribution in [0.2, 0.25) is 0 Å². The monoisotopic (exact) mass is 371 g/mol. The maximum absolute atomic E-state index is 10.5. The van der Waals surface area contributed by atoms with Gasteiger partial charge in [-0.25, -0.2) is 0 Å². The summed E-state index contributed by atoms with van der Waals surface area (Å²) in [5.74, 6) is 1.71. The highest BCUT2D eigenvalue weighted by molar-refractivity contribution is 7.11. The standard InChI is InChI=1S/C21H25NO3S/c1-16-6-3-4-8-21(16)25-15-18(23)12-22(13-19-7-5-11-24-19)14-20-10-9-17(2)26-20/h3-11,18,23H,12-15H2,1-2H3. The van der Waals surface area contributed by atoms with Crippen LogP contribution in [0.25, 0.3) is 0 Å². The lowest BCUT2D eigenvalue weighted by atomic mass is 10.2. The van der Waals surface area contributed by atoms with Crippen LogP contribution in [-0.4, -0.2) is 29.3 Å². The van der Waals surface area contributed by atoms with Gasteiger partial charge in [-0.3, -0.25) is 4.90 Å². The highest BCUT2D eigenvalue weighted by Gasteiger charge is 2.16. The minimum atomic E-state index is -0.578. The van der Waals surface area contributed by atoms with Crippen molar-refractivity contribution in [3.63, 3.8) is 0 Å². The van der Waals surface area contributed by atoms with Crippen molar-refractivity contribution in [2.24, 2.45) is 0 Å². The van der Waals surface area contributed by atoms with E-state index in [1.54, 1.807) is 17.6 Å². The molecule has 0 radical (unpaired) electrons. The molecular formula is C21H25NO3S. The Labute approximate surface area is 158 Å². The molecule has 5 heteroatoms. The Bertz CT molecular complexity index is 797. The molecule has 2 heterocycles. The topological polar surface area (TPSA) is 45.8 Å². The lowest BCUT2D eigenvalue weighted by molar-refractivity contribution is 0.0606. The number of nitrogens with zero attached hydrogens (tertiary/aromatic N) is 1. The summed E-state index contributed by atoms with van der Waals surface area (Å²) < 4.78 is 11.3. The van der Waals surface area contributed by atoms with E-state index in [-0.39, 0.29) is 6.61 Å². The Kier molecular flexibility index (Phi) is 6.50. The molecule has 0 bridgehead atoms. The molecule has 2 aromatic heterocycles. The van der Waals surface area contributed by atoms with E-state index in [9.17, 15) is 5.11 Å². The Morgan fingerprint density at radius 3 is 2.62 bits per heavy atom. The van der Waals surface area contributed by atoms with Gasteiger partial charge in [0.25, 0.3) is 0 Å². The maximum atomic E-state index is 10.5. The predicted octanol–water partition coefficient (Wildman–Crippen LogP) is 4.40. The van der Waals surface area contributed by atoms with Crippen LogP contribution < -0.4 is 4.74 Å². The molecule has 0 fully saturated rings. The van der Waals surface area contributed by atoms with Crippen molar-refractivity contribution in [3.05, 3.63) is 75.9 Å². The molecule has 26 heavy (non-hydrogen) atoms. The number of aryl methyl sites for hydroxylation is 2. The first-order valence-electron chi connectivity index (χ1n) is 8.76. The summed E-state index contributed by atoms with van der Waals surface area (Å²) in [7, 11) is 0. The Morgan fingerprint density at radius 2 is 1.92 bits per heavy atom. The number of ether oxygens (including phenoxy) is 1. The molecular weight excluding hydrogens is 346 g/mol. The average molecular weight is 372 g/mol. The van der Waals surface area contributed by atoms with Crippen molar-refractivity contribution in [1.82, 2.24) is 4.90 Å². The molecule has 1 unspecified atom stereocenters. The molecule has 0 saturated heterocycles. The lowest BCUT2D eigenvalue weighted by Crippen LogP contribution is -2.34. The van der Waals surface area contributed by atoms with Crippen LogP contribution in [-0.2, 0) is 13.1 Å². The molecule has 3 rings (SSSR count). The fourth-order valence-electron chi connectivity index (χ4n) is 2.85. The number of aliphatic hydroxyl groups excluding tert-OH is 1. The van der Waals surface area contributed by atoms with Gasteiger partial charge >= 0.3 is 0 Å². The summed E-state index contributed by atoms with van der Waals surface area (Å²) in [5, 5.41) is 10.5. The first-order valence-corrected chi connectivity index (χ1v) is 9.58. The SMILES string of the molecule is Cc1ccc(CN(Cc2ccco2)CC(O)COc2ccccc2C)s1. The number of para-hydroxylation sites is 1. The molecule has 0 aliphatic rings. The van der Waals surface area contributed by atoms with Crippen LogP contribution in [0.3, 0.4) is 0 Å². The molecule has 0 amide bonds. The van der Waals surface area contributed by atoms with Gasteiger partial charge in [0.05, 0.1) is 12.8 Å². The van der Waals surface area contributed by atoms with Crippen molar-refractivity contribution in [3.8, 4) is 5.75 Å². The van der Waals surface area contributed by atoms with Crippen LogP contribution in [0.4, 0.5) is 0 Å². The van der Waals surface area contributed by atoms with E-state index in [2.05, 4.69) is 24.0 Å². The molecule has 3 aromatic rings. The van der Waals surface area contributed by atoms with Gasteiger partial charge in [0.2, 0.25) is 0 Å². The summed E-state index contributed by atoms with van der Waals surface area (Å²) >= 11 is 1.78. The van der Waals surface area contributed by atoms with Crippen molar-refractivity contribution in [1.29, 1.82) is 0 Å². The first-order chi connectivity index (χ1) is 12.6. The van der Waals surface area contributed by atoms with E-state index in [0.717, 1.165) is 23.6 Å². The highest BCUT2D eigenvalue weighted by Crippen LogP contribution is 2.20. The third-order valence-electron chi connectivity index (χ3n) is 4.13. The van der Waals surface area contributed by atoms with Crippen molar-refractivity contribution < 1.29 is 14.3 Å². The van der Waals surface area contributed by atoms with E-state index in [1.165, 1.54) is 9.75 Å².